The molecule has 0 radical (unpaired) electrons. The van der Waals surface area contributed by atoms with E-state index in [9.17, 15) is 9.59 Å². The van der Waals surface area contributed by atoms with Crippen LogP contribution >= 0.6 is 22.9 Å². The van der Waals surface area contributed by atoms with Crippen LogP contribution in [0.3, 0.4) is 0 Å². The minimum absolute atomic E-state index is 0.156. The number of nitrogens with zero attached hydrogens (tertiary/aromatic N) is 2. The van der Waals surface area contributed by atoms with Gasteiger partial charge in [-0.05, 0) is 13.3 Å². The van der Waals surface area contributed by atoms with E-state index in [4.69, 9.17) is 11.6 Å². The second-order valence-corrected chi connectivity index (χ2v) is 5.88. The lowest BCUT2D eigenvalue weighted by molar-refractivity contribution is 0.615. The van der Waals surface area contributed by atoms with E-state index in [1.54, 1.807) is 0 Å². The fourth-order valence-corrected chi connectivity index (χ4v) is 3.00. The minimum Gasteiger partial charge on any atom is -0.297 e. The molecular weight excluding hydrogens is 298 g/mol. The van der Waals surface area contributed by atoms with Crippen LogP contribution in [-0.4, -0.2) is 14.5 Å². The highest BCUT2D eigenvalue weighted by Gasteiger charge is 2.12. The van der Waals surface area contributed by atoms with E-state index in [0.717, 1.165) is 17.1 Å². The monoisotopic (exact) mass is 313 g/mol. The summed E-state index contributed by atoms with van der Waals surface area (Å²) in [7, 11) is 0. The Labute approximate surface area is 125 Å². The van der Waals surface area contributed by atoms with Gasteiger partial charge in [0.15, 0.2) is 0 Å². The number of thiazole rings is 1. The van der Waals surface area contributed by atoms with Gasteiger partial charge in [-0.2, -0.15) is 0 Å². The Morgan fingerprint density at radius 3 is 2.75 bits per heavy atom. The van der Waals surface area contributed by atoms with E-state index in [2.05, 4.69) is 9.97 Å². The highest BCUT2D eigenvalue weighted by Crippen LogP contribution is 2.10. The maximum atomic E-state index is 12.3. The molecule has 0 fully saturated rings. The predicted molar refractivity (Wildman–Crippen MR) is 80.9 cm³/mol. The van der Waals surface area contributed by atoms with Gasteiger partial charge in [-0.25, -0.2) is 9.78 Å². The van der Waals surface area contributed by atoms with Gasteiger partial charge >= 0.3 is 5.69 Å². The van der Waals surface area contributed by atoms with E-state index in [1.165, 1.54) is 15.9 Å². The Kier molecular flexibility index (Phi) is 4.77. The molecule has 0 atom stereocenters. The number of rotatable bonds is 5. The van der Waals surface area contributed by atoms with Gasteiger partial charge in [-0.1, -0.05) is 24.9 Å². The van der Waals surface area contributed by atoms with Crippen LogP contribution in [0.1, 0.15) is 29.6 Å². The van der Waals surface area contributed by atoms with Crippen LogP contribution in [0.2, 0.25) is 5.15 Å². The Bertz CT molecular complexity index is 717. The number of hydrogen-bond donors (Lipinski definition) is 1. The van der Waals surface area contributed by atoms with Crippen molar-refractivity contribution in [2.75, 3.05) is 0 Å². The molecule has 0 aliphatic carbocycles. The highest BCUT2D eigenvalue weighted by molar-refractivity contribution is 7.09. The first-order chi connectivity index (χ1) is 9.52. The van der Waals surface area contributed by atoms with Crippen LogP contribution < -0.4 is 11.2 Å². The Morgan fingerprint density at radius 2 is 2.15 bits per heavy atom. The molecule has 2 aromatic heterocycles. The molecule has 2 rings (SSSR count). The lowest BCUT2D eigenvalue weighted by Crippen LogP contribution is -2.38. The molecule has 0 amide bonds. The van der Waals surface area contributed by atoms with Gasteiger partial charge in [0.1, 0.15) is 5.15 Å². The van der Waals surface area contributed by atoms with Crippen LogP contribution in [0.5, 0.6) is 0 Å². The fraction of sp³-hybridized carbons (Fsp3) is 0.462. The smallest absolute Gasteiger partial charge is 0.297 e. The van der Waals surface area contributed by atoms with E-state index in [1.807, 2.05) is 19.2 Å². The third kappa shape index (κ3) is 3.19. The van der Waals surface area contributed by atoms with Crippen LogP contribution in [0, 0.1) is 6.92 Å². The first-order valence-electron chi connectivity index (χ1n) is 6.45. The summed E-state index contributed by atoms with van der Waals surface area (Å²) in [6.07, 6.45) is 1.92. The Hall–Kier alpha value is -1.40. The summed E-state index contributed by atoms with van der Waals surface area (Å²) >= 11 is 7.46. The van der Waals surface area contributed by atoms with Gasteiger partial charge in [0.25, 0.3) is 5.56 Å². The summed E-state index contributed by atoms with van der Waals surface area (Å²) in [6, 6.07) is 0. The standard InChI is InChI=1S/C13H16ClN3O2S/c1-3-4-9-11(14)16-13(19)17(12(9)18)6-5-10-15-8(2)7-20-10/h7H,3-6H2,1-2H3,(H,16,19). The van der Waals surface area contributed by atoms with Crippen molar-refractivity contribution in [1.29, 1.82) is 0 Å². The van der Waals surface area contributed by atoms with Gasteiger partial charge in [-0.15, -0.1) is 11.3 Å². The van der Waals surface area contributed by atoms with Crippen LogP contribution in [-0.2, 0) is 19.4 Å². The molecule has 0 saturated carbocycles. The second kappa shape index (κ2) is 6.37. The third-order valence-electron chi connectivity index (χ3n) is 2.95. The van der Waals surface area contributed by atoms with Gasteiger partial charge in [0.05, 0.1) is 10.6 Å². The van der Waals surface area contributed by atoms with Crippen molar-refractivity contribution >= 4 is 22.9 Å². The number of halogens is 1. The normalized spacial score (nSPS) is 10.9. The quantitative estimate of drug-likeness (QED) is 0.860. The van der Waals surface area contributed by atoms with Crippen LogP contribution in [0.25, 0.3) is 0 Å². The second-order valence-electron chi connectivity index (χ2n) is 4.56. The van der Waals surface area contributed by atoms with Gasteiger partial charge in [0.2, 0.25) is 0 Å². The average molecular weight is 314 g/mol. The van der Waals surface area contributed by atoms with E-state index in [-0.39, 0.29) is 10.7 Å². The van der Waals surface area contributed by atoms with E-state index in [0.29, 0.717) is 24.9 Å². The lowest BCUT2D eigenvalue weighted by Gasteiger charge is -2.07. The summed E-state index contributed by atoms with van der Waals surface area (Å²) in [5.74, 6) is 0. The van der Waals surface area contributed by atoms with Crippen molar-refractivity contribution in [3.8, 4) is 0 Å². The average Bonchev–Trinajstić information content (AvgIpc) is 2.80. The van der Waals surface area contributed by atoms with Crippen molar-refractivity contribution in [3.05, 3.63) is 47.6 Å². The first kappa shape index (κ1) is 15.0. The van der Waals surface area contributed by atoms with Gasteiger partial charge in [-0.3, -0.25) is 14.3 Å². The zero-order chi connectivity index (χ0) is 14.7. The van der Waals surface area contributed by atoms with Crippen LogP contribution in [0.15, 0.2) is 15.0 Å². The molecule has 5 nitrogen and oxygen atoms in total. The molecule has 0 saturated heterocycles. The predicted octanol–water partition coefficient (Wildman–Crippen LogP) is 2.15. The zero-order valence-electron chi connectivity index (χ0n) is 11.4. The molecule has 0 spiro atoms. The summed E-state index contributed by atoms with van der Waals surface area (Å²) in [5.41, 5.74) is 0.667. The number of aromatic amines is 1. The van der Waals surface area contributed by atoms with E-state index >= 15 is 0 Å². The largest absolute Gasteiger partial charge is 0.329 e. The van der Waals surface area contributed by atoms with Gasteiger partial charge < -0.3 is 0 Å². The number of H-pyrrole nitrogens is 1. The molecular formula is C13H16ClN3O2S. The van der Waals surface area contributed by atoms with Gasteiger partial charge in [0, 0.05) is 24.0 Å². The van der Waals surface area contributed by atoms with Crippen molar-refractivity contribution in [1.82, 2.24) is 14.5 Å². The molecule has 0 unspecified atom stereocenters. The summed E-state index contributed by atoms with van der Waals surface area (Å²) < 4.78 is 1.20. The molecule has 2 heterocycles. The maximum Gasteiger partial charge on any atom is 0.329 e. The lowest BCUT2D eigenvalue weighted by atomic mass is 10.2. The maximum absolute atomic E-state index is 12.3. The Morgan fingerprint density at radius 1 is 1.40 bits per heavy atom. The highest BCUT2D eigenvalue weighted by atomic mass is 35.5. The van der Waals surface area contributed by atoms with Crippen molar-refractivity contribution in [2.45, 2.75) is 39.7 Å². The molecule has 7 heteroatoms. The molecule has 2 aromatic rings. The van der Waals surface area contributed by atoms with E-state index < -0.39 is 5.69 Å². The first-order valence-corrected chi connectivity index (χ1v) is 7.71. The van der Waals surface area contributed by atoms with Crippen molar-refractivity contribution < 1.29 is 0 Å². The minimum atomic E-state index is -0.465. The Balaban J connectivity index is 2.29. The zero-order valence-corrected chi connectivity index (χ0v) is 13.0. The molecule has 0 aliphatic heterocycles. The number of aryl methyl sites for hydroxylation is 2. The number of hydrogen-bond acceptors (Lipinski definition) is 4. The molecule has 108 valence electrons. The molecule has 1 N–H and O–H groups in total. The van der Waals surface area contributed by atoms with Crippen LogP contribution in [0.4, 0.5) is 0 Å². The fourth-order valence-electron chi connectivity index (χ4n) is 1.98. The summed E-state index contributed by atoms with van der Waals surface area (Å²) in [4.78, 5) is 31.0. The molecule has 0 aliphatic rings. The third-order valence-corrected chi connectivity index (χ3v) is 4.30. The summed E-state index contributed by atoms with van der Waals surface area (Å²) in [6.45, 7) is 4.19. The summed E-state index contributed by atoms with van der Waals surface area (Å²) in [5, 5.41) is 3.02. The number of nitrogens with one attached hydrogen (secondary N) is 1. The SMILES string of the molecule is CCCc1c(Cl)[nH]c(=O)n(CCc2nc(C)cs2)c1=O. The number of aromatic nitrogens is 3. The topological polar surface area (TPSA) is 67.8 Å². The molecule has 0 aromatic carbocycles. The molecule has 0 bridgehead atoms. The van der Waals surface area contributed by atoms with Crippen molar-refractivity contribution in [2.24, 2.45) is 0 Å². The van der Waals surface area contributed by atoms with Crippen molar-refractivity contribution in [3.63, 3.8) is 0 Å². The molecule has 20 heavy (non-hydrogen) atoms.